The summed E-state index contributed by atoms with van der Waals surface area (Å²) in [7, 11) is 0. The Balaban J connectivity index is 2.33. The van der Waals surface area contributed by atoms with E-state index in [1.807, 2.05) is 0 Å². The minimum absolute atomic E-state index is 0.00858. The van der Waals surface area contributed by atoms with Gasteiger partial charge in [-0.2, -0.15) is 0 Å². The molecule has 9 nitrogen and oxygen atoms in total. The van der Waals surface area contributed by atoms with E-state index in [-0.39, 0.29) is 11.5 Å². The Labute approximate surface area is 151 Å². The molecule has 0 aliphatic heterocycles. The Hall–Kier alpha value is -2.53. The molecule has 2 aromatic rings. The highest BCUT2D eigenvalue weighted by molar-refractivity contribution is 9.13. The maximum Gasteiger partial charge on any atom is 0.390 e. The van der Waals surface area contributed by atoms with Crippen LogP contribution in [0.1, 0.15) is 5.56 Å². The van der Waals surface area contributed by atoms with Crippen molar-refractivity contribution < 1.29 is 19.8 Å². The van der Waals surface area contributed by atoms with Crippen LogP contribution in [0.3, 0.4) is 0 Å². The molecule has 24 heavy (non-hydrogen) atoms. The second-order valence-corrected chi connectivity index (χ2v) is 5.85. The second-order valence-electron chi connectivity index (χ2n) is 4.27. The van der Waals surface area contributed by atoms with Gasteiger partial charge in [0, 0.05) is 16.1 Å². The molecule has 0 amide bonds. The third-order valence-corrected chi connectivity index (χ3v) is 4.98. The number of para-hydroxylation sites is 1. The lowest BCUT2D eigenvalue weighted by Crippen LogP contribution is -1.99. The fourth-order valence-corrected chi connectivity index (χ4v) is 2.51. The van der Waals surface area contributed by atoms with Crippen molar-refractivity contribution in [3.8, 4) is 11.5 Å². The van der Waals surface area contributed by atoms with Crippen molar-refractivity contribution in [1.82, 2.24) is 0 Å². The summed E-state index contributed by atoms with van der Waals surface area (Å²) in [6, 6.07) is 6.39. The number of hydrogen-bond donors (Lipinski definition) is 1. The van der Waals surface area contributed by atoms with Crippen LogP contribution in [-0.2, 0) is 0 Å². The highest BCUT2D eigenvalue weighted by Gasteiger charge is 2.29. The van der Waals surface area contributed by atoms with Crippen molar-refractivity contribution in [2.24, 2.45) is 5.16 Å². The molecule has 11 heteroatoms. The normalized spacial score (nSPS) is 10.8. The Kier molecular flexibility index (Phi) is 5.46. The molecule has 124 valence electrons. The van der Waals surface area contributed by atoms with Crippen LogP contribution in [0, 0.1) is 20.2 Å². The van der Waals surface area contributed by atoms with Crippen molar-refractivity contribution in [3.63, 3.8) is 0 Å². The van der Waals surface area contributed by atoms with Gasteiger partial charge in [-0.25, -0.2) is 0 Å². The van der Waals surface area contributed by atoms with Gasteiger partial charge < -0.3 is 9.94 Å². The molecule has 0 aliphatic rings. The van der Waals surface area contributed by atoms with Crippen molar-refractivity contribution in [3.05, 3.63) is 65.1 Å². The summed E-state index contributed by atoms with van der Waals surface area (Å²) in [5.74, 6) is -0.353. The van der Waals surface area contributed by atoms with Crippen LogP contribution in [0.25, 0.3) is 0 Å². The molecular formula is C13H7Br2N3O6. The van der Waals surface area contributed by atoms with Crippen molar-refractivity contribution in [1.29, 1.82) is 0 Å². The van der Waals surface area contributed by atoms with Gasteiger partial charge in [-0.3, -0.25) is 20.2 Å². The van der Waals surface area contributed by atoms with Gasteiger partial charge >= 0.3 is 11.4 Å². The first-order valence-electron chi connectivity index (χ1n) is 6.12. The molecule has 2 aromatic carbocycles. The van der Waals surface area contributed by atoms with E-state index in [1.165, 1.54) is 30.5 Å². The van der Waals surface area contributed by atoms with Crippen LogP contribution in [0.15, 0.2) is 44.4 Å². The zero-order chi connectivity index (χ0) is 17.9. The number of nitro groups is 2. The first-order valence-corrected chi connectivity index (χ1v) is 7.70. The maximum atomic E-state index is 11.0. The van der Waals surface area contributed by atoms with Gasteiger partial charge in [0.1, 0.15) is 5.75 Å². The van der Waals surface area contributed by atoms with Crippen LogP contribution >= 0.6 is 31.9 Å². The molecule has 0 fully saturated rings. The molecule has 0 bridgehead atoms. The largest absolute Gasteiger partial charge is 0.507 e. The smallest absolute Gasteiger partial charge is 0.390 e. The van der Waals surface area contributed by atoms with E-state index < -0.39 is 21.2 Å². The lowest BCUT2D eigenvalue weighted by atomic mass is 10.2. The average molecular weight is 461 g/mol. The van der Waals surface area contributed by atoms with Crippen molar-refractivity contribution in [2.45, 2.75) is 0 Å². The summed E-state index contributed by atoms with van der Waals surface area (Å²) in [5, 5.41) is 35.0. The predicted molar refractivity (Wildman–Crippen MR) is 91.5 cm³/mol. The number of hydrogen-bond acceptors (Lipinski definition) is 7. The molecule has 0 aromatic heterocycles. The summed E-state index contributed by atoms with van der Waals surface area (Å²) >= 11 is 6.39. The Morgan fingerprint density at radius 2 is 1.79 bits per heavy atom. The molecular weight excluding hydrogens is 454 g/mol. The van der Waals surface area contributed by atoms with Gasteiger partial charge in [-0.1, -0.05) is 11.2 Å². The maximum absolute atomic E-state index is 11.0. The summed E-state index contributed by atoms with van der Waals surface area (Å²) in [5.41, 5.74) is -0.973. The first-order chi connectivity index (χ1) is 11.3. The van der Waals surface area contributed by atoms with Crippen LogP contribution in [0.2, 0.25) is 0 Å². The van der Waals surface area contributed by atoms with Gasteiger partial charge in [-0.15, -0.1) is 0 Å². The number of aromatic hydroxyl groups is 1. The fraction of sp³-hybridized carbons (Fsp3) is 0. The van der Waals surface area contributed by atoms with Gasteiger partial charge in [0.15, 0.2) is 0 Å². The number of nitro benzene ring substituents is 2. The second kappa shape index (κ2) is 7.36. The molecule has 0 heterocycles. The molecule has 0 aliphatic carbocycles. The molecule has 0 saturated carbocycles. The standard InChI is InChI=1S/C13H7Br2N3O6/c14-11-7(4-5-9(19)12(11)15)6-16-24-10-3-1-2-8(17(20)21)13(10)18(22)23/h1-6,19H/b16-6+. The van der Waals surface area contributed by atoms with E-state index in [2.05, 4.69) is 37.0 Å². The topological polar surface area (TPSA) is 128 Å². The van der Waals surface area contributed by atoms with Gasteiger partial charge in [0.2, 0.25) is 5.75 Å². The third-order valence-electron chi connectivity index (χ3n) is 2.79. The molecule has 1 N–H and O–H groups in total. The number of nitrogens with zero attached hydrogens (tertiary/aromatic N) is 3. The molecule has 0 saturated heterocycles. The Morgan fingerprint density at radius 1 is 1.08 bits per heavy atom. The van der Waals surface area contributed by atoms with E-state index in [9.17, 15) is 25.3 Å². The van der Waals surface area contributed by atoms with Gasteiger partial charge in [0.25, 0.3) is 0 Å². The van der Waals surface area contributed by atoms with E-state index in [0.717, 1.165) is 6.07 Å². The van der Waals surface area contributed by atoms with E-state index in [4.69, 9.17) is 4.84 Å². The SMILES string of the molecule is O=[N+]([O-])c1cccc(O/N=C/c2ccc(O)c(Br)c2Br)c1[N+](=O)[O-]. The number of phenols is 1. The number of halogens is 2. The number of benzene rings is 2. The van der Waals surface area contributed by atoms with Gasteiger partial charge in [0.05, 0.1) is 20.5 Å². The van der Waals surface area contributed by atoms with Crippen LogP contribution in [0.5, 0.6) is 11.5 Å². The van der Waals surface area contributed by atoms with Crippen LogP contribution < -0.4 is 4.84 Å². The number of phenolic OH excluding ortho intramolecular Hbond substituents is 1. The molecule has 0 spiro atoms. The minimum Gasteiger partial charge on any atom is -0.507 e. The summed E-state index contributed by atoms with van der Waals surface area (Å²) in [6.45, 7) is 0. The lowest BCUT2D eigenvalue weighted by Gasteiger charge is -2.03. The minimum atomic E-state index is -0.907. The zero-order valence-electron chi connectivity index (χ0n) is 11.6. The van der Waals surface area contributed by atoms with E-state index >= 15 is 0 Å². The van der Waals surface area contributed by atoms with Crippen LogP contribution in [-0.4, -0.2) is 21.2 Å². The molecule has 0 radical (unpaired) electrons. The summed E-state index contributed by atoms with van der Waals surface area (Å²) in [4.78, 5) is 25.1. The fourth-order valence-electron chi connectivity index (χ4n) is 1.71. The quantitative estimate of drug-likeness (QED) is 0.405. The van der Waals surface area contributed by atoms with E-state index in [0.29, 0.717) is 14.5 Å². The summed E-state index contributed by atoms with van der Waals surface area (Å²) in [6.07, 6.45) is 1.23. The first kappa shape index (κ1) is 17.8. The molecule has 0 unspecified atom stereocenters. The predicted octanol–water partition coefficient (Wildman–Crippen LogP) is 4.15. The summed E-state index contributed by atoms with van der Waals surface area (Å²) < 4.78 is 0.885. The molecule has 0 atom stereocenters. The number of oxime groups is 1. The highest BCUT2D eigenvalue weighted by Crippen LogP contribution is 2.36. The Bertz CT molecular complexity index is 856. The monoisotopic (exact) mass is 459 g/mol. The lowest BCUT2D eigenvalue weighted by molar-refractivity contribution is -0.423. The van der Waals surface area contributed by atoms with E-state index in [1.54, 1.807) is 0 Å². The zero-order valence-corrected chi connectivity index (χ0v) is 14.7. The Morgan fingerprint density at radius 3 is 2.42 bits per heavy atom. The van der Waals surface area contributed by atoms with Crippen LogP contribution in [0.4, 0.5) is 11.4 Å². The number of rotatable bonds is 5. The van der Waals surface area contributed by atoms with Crippen molar-refractivity contribution >= 4 is 49.4 Å². The van der Waals surface area contributed by atoms with Crippen molar-refractivity contribution in [2.75, 3.05) is 0 Å². The average Bonchev–Trinajstić information content (AvgIpc) is 2.54. The molecule has 2 rings (SSSR count). The third kappa shape index (κ3) is 3.68. The van der Waals surface area contributed by atoms with Gasteiger partial charge in [-0.05, 0) is 50.1 Å². The highest BCUT2D eigenvalue weighted by atomic mass is 79.9.